The van der Waals surface area contributed by atoms with Crippen molar-refractivity contribution >= 4 is 274 Å². The summed E-state index contributed by atoms with van der Waals surface area (Å²) in [7, 11) is 0. The van der Waals surface area contributed by atoms with Crippen molar-refractivity contribution in [2.75, 3.05) is 217 Å². The molecule has 8 unspecified atom stereocenters. The van der Waals surface area contributed by atoms with Crippen LogP contribution in [-0.2, 0) is 135 Å². The van der Waals surface area contributed by atoms with E-state index < -0.39 is 104 Å². The number of thioether (sulfide) groups is 8. The molecule has 52 heteroatoms. The van der Waals surface area contributed by atoms with Gasteiger partial charge in [0, 0.05) is 118 Å². The molecule has 8 fully saturated rings. The number of thiocarbonyl (C=S) groups is 8. The monoisotopic (exact) mass is 2060 g/mol. The van der Waals surface area contributed by atoms with Crippen molar-refractivity contribution in [3.63, 3.8) is 0 Å². The topological polar surface area (TPSA) is 347 Å². The number of carbonyl (C=O) groups excluding carboxylic acids is 8. The van der Waals surface area contributed by atoms with Crippen LogP contribution in [0, 0.1) is 5.41 Å². The number of amides is 8. The molecule has 0 bridgehead atoms. The fourth-order valence-electron chi connectivity index (χ4n) is 11.9. The summed E-state index contributed by atoms with van der Waals surface area (Å²) < 4.78 is 42.4. The van der Waals surface area contributed by atoms with Crippen LogP contribution in [0.4, 0.5) is 0 Å². The van der Waals surface area contributed by atoms with Gasteiger partial charge in [-0.1, -0.05) is 192 Å². The van der Waals surface area contributed by atoms with Crippen LogP contribution >= 0.6 is 192 Å². The van der Waals surface area contributed by atoms with Crippen LogP contribution in [0.1, 0.15) is 91.9 Å². The Balaban J connectivity index is 1.07. The Morgan fingerprint density at radius 3 is 0.832 bits per heavy atom. The SMILES string of the molecule is CC(OOCC(COCC(COCC(COCCOCCC(=O)N1CCSC1=S)OOCCCCC(=O)N1CCSC1=S)(COCC(COOCCCCC(=O)N1CCSC1=S)OOCCCCC(=O)N1CCSC1=S)COCC(COOC(C)C(=O)N1CCSC1=S)OOC(C)C(=O)N1CCSC1=S)OOC(C)C(=O)N1CCSC1=S)C(=O)N1CCSC1=S. The lowest BCUT2D eigenvalue weighted by Crippen LogP contribution is -2.45. The molecule has 0 radical (unpaired) electrons. The van der Waals surface area contributed by atoms with Gasteiger partial charge in [0.25, 0.3) is 23.6 Å². The Labute approximate surface area is 804 Å². The Bertz CT molecular complexity index is 3370. The maximum atomic E-state index is 13.8. The molecular weight excluding hydrogens is 1950 g/mol. The zero-order valence-corrected chi connectivity index (χ0v) is 82.8. The molecule has 8 heterocycles. The predicted molar refractivity (Wildman–Crippen MR) is 505 cm³/mol. The van der Waals surface area contributed by atoms with E-state index in [0.717, 1.165) is 23.0 Å². The Hall–Kier alpha value is -1.52. The van der Waals surface area contributed by atoms with E-state index in [1.54, 1.807) is 19.6 Å². The maximum absolute atomic E-state index is 13.8. The van der Waals surface area contributed by atoms with E-state index in [4.69, 9.17) is 195 Å². The Morgan fingerprint density at radius 1 is 0.264 bits per heavy atom. The first-order valence-corrected chi connectivity index (χ1v) is 51.8. The predicted octanol–water partition coefficient (Wildman–Crippen LogP) is 7.52. The number of ether oxygens (including phenoxy) is 6. The van der Waals surface area contributed by atoms with Crippen molar-refractivity contribution in [3.05, 3.63) is 0 Å². The first kappa shape index (κ1) is 109. The number of unbranched alkanes of at least 4 members (excludes halogenated alkanes) is 3. The van der Waals surface area contributed by atoms with Crippen molar-refractivity contribution in [2.45, 2.75) is 141 Å². The van der Waals surface area contributed by atoms with Crippen LogP contribution < -0.4 is 0 Å². The second-order valence-corrected chi connectivity index (χ2v) is 42.4. The summed E-state index contributed by atoms with van der Waals surface area (Å²) in [5.41, 5.74) is -1.51. The van der Waals surface area contributed by atoms with Crippen LogP contribution in [0.25, 0.3) is 0 Å². The normalized spacial score (nSPS) is 19.6. The minimum absolute atomic E-state index is 0.0438. The molecular formula is C73H108N8O28S16. The van der Waals surface area contributed by atoms with E-state index in [9.17, 15) is 38.4 Å². The summed E-state index contributed by atoms with van der Waals surface area (Å²) in [6, 6.07) is 0. The molecule has 0 aromatic heterocycles. The standard InChI is InChI=1S/C73H108N8O28S16/c1-49(61(86)78-19-33-122-69(78)114)102-100-43-55(108-104-51(3)63(88)80-21-35-124-71(80)116)40-94-47-73(48-95-41-56(109-105-52(4)64(89)81-22-36-125-72(81)117)44-101-103-50(2)62(87)79-20-34-123-70(79)115,45-92-38-53(106-97-24-9-6-12-58(83)75-16-30-119-66(75)111)37-91-28-27-90-26-14-60(85)77-18-32-121-68(77)113)46-93-39-54(107-98-25-10-7-13-59(84)76-17-31-120-67(76)112)42-99-96-23-8-5-11-57(82)74-15-29-118-65(74)110/h49-56H,5-48H2,1-4H3. The zero-order valence-electron chi connectivity index (χ0n) is 69.8. The van der Waals surface area contributed by atoms with Crippen LogP contribution in [0.15, 0.2) is 0 Å². The fraction of sp³-hybridized carbons (Fsp3) is 0.781. The molecule has 0 aromatic rings. The lowest BCUT2D eigenvalue weighted by Gasteiger charge is -2.34. The van der Waals surface area contributed by atoms with Crippen LogP contribution in [0.2, 0.25) is 0 Å². The maximum Gasteiger partial charge on any atom is 0.260 e. The Morgan fingerprint density at radius 2 is 0.520 bits per heavy atom. The summed E-state index contributed by atoms with van der Waals surface area (Å²) >= 11 is 54.5. The molecule has 8 rings (SSSR count). The van der Waals surface area contributed by atoms with Crippen molar-refractivity contribution in [1.82, 2.24) is 39.2 Å². The third-order valence-corrected chi connectivity index (χ3v) is 30.1. The molecule has 125 heavy (non-hydrogen) atoms. The molecule has 8 atom stereocenters. The second-order valence-electron chi connectivity index (χ2n) is 28.6. The number of hydrogen-bond acceptors (Lipinski definition) is 44. The van der Waals surface area contributed by atoms with Gasteiger partial charge in [0.1, 0.15) is 78.8 Å². The lowest BCUT2D eigenvalue weighted by atomic mass is 9.92. The molecule has 8 amide bonds. The molecule has 0 aromatic carbocycles. The summed E-state index contributed by atoms with van der Waals surface area (Å²) in [5, 5.41) is 0. The highest BCUT2D eigenvalue weighted by Gasteiger charge is 2.39. The minimum atomic E-state index is -1.51. The van der Waals surface area contributed by atoms with Crippen molar-refractivity contribution in [1.29, 1.82) is 0 Å². The van der Waals surface area contributed by atoms with E-state index in [0.29, 0.717) is 148 Å². The van der Waals surface area contributed by atoms with E-state index >= 15 is 0 Å². The van der Waals surface area contributed by atoms with Gasteiger partial charge in [-0.25, -0.2) is 68.4 Å². The van der Waals surface area contributed by atoms with E-state index in [-0.39, 0.29) is 142 Å². The molecule has 704 valence electrons. The van der Waals surface area contributed by atoms with Crippen LogP contribution in [-0.4, -0.2) is 387 Å². The fourth-order valence-corrected chi connectivity index (χ4v) is 21.7. The molecule has 0 aliphatic carbocycles. The average Bonchev–Trinajstić information content (AvgIpc) is 1.69. The molecule has 8 aliphatic rings. The van der Waals surface area contributed by atoms with E-state index in [1.807, 2.05) is 0 Å². The molecule has 0 saturated carbocycles. The number of hydrogen-bond donors (Lipinski definition) is 0. The van der Waals surface area contributed by atoms with Gasteiger partial charge in [0.2, 0.25) is 23.6 Å². The van der Waals surface area contributed by atoms with Crippen molar-refractivity contribution < 1.29 is 135 Å². The van der Waals surface area contributed by atoms with Crippen molar-refractivity contribution in [2.24, 2.45) is 5.41 Å². The van der Waals surface area contributed by atoms with E-state index in [1.165, 1.54) is 141 Å². The highest BCUT2D eigenvalue weighted by molar-refractivity contribution is 8.25. The largest absolute Gasteiger partial charge is 0.379 e. The van der Waals surface area contributed by atoms with Gasteiger partial charge in [-0.05, 0) is 66.2 Å². The quantitative estimate of drug-likeness (QED) is 0.0246. The van der Waals surface area contributed by atoms with Crippen LogP contribution in [0.5, 0.6) is 0 Å². The highest BCUT2D eigenvalue weighted by Crippen LogP contribution is 2.29. The molecule has 8 aliphatic heterocycles. The summed E-state index contributed by atoms with van der Waals surface area (Å²) in [4.78, 5) is 200. The van der Waals surface area contributed by atoms with Crippen molar-refractivity contribution in [3.8, 4) is 0 Å². The minimum Gasteiger partial charge on any atom is -0.379 e. The van der Waals surface area contributed by atoms with E-state index in [2.05, 4.69) is 0 Å². The van der Waals surface area contributed by atoms with Gasteiger partial charge in [0.05, 0.1) is 111 Å². The summed E-state index contributed by atoms with van der Waals surface area (Å²) in [6.07, 6.45) is -5.77. The molecule has 8 saturated heterocycles. The number of rotatable bonds is 64. The smallest absolute Gasteiger partial charge is 0.260 e. The van der Waals surface area contributed by atoms with Gasteiger partial charge >= 0.3 is 0 Å². The average molecular weight is 2060 g/mol. The van der Waals surface area contributed by atoms with Gasteiger partial charge in [0.15, 0.2) is 24.4 Å². The van der Waals surface area contributed by atoms with Gasteiger partial charge in [-0.2, -0.15) is 0 Å². The number of carbonyl (C=O) groups is 8. The third-order valence-electron chi connectivity index (χ3n) is 18.7. The summed E-state index contributed by atoms with van der Waals surface area (Å²) in [5.74, 6) is 3.01. The molecule has 0 spiro atoms. The van der Waals surface area contributed by atoms with Crippen LogP contribution in [0.3, 0.4) is 0 Å². The highest BCUT2D eigenvalue weighted by atomic mass is 32.2. The molecule has 0 N–H and O–H groups in total. The second kappa shape index (κ2) is 60.8. The van der Waals surface area contributed by atoms with Gasteiger partial charge in [-0.3, -0.25) is 77.6 Å². The first-order chi connectivity index (χ1) is 60.3. The summed E-state index contributed by atoms with van der Waals surface area (Å²) in [6.45, 7) is 5.87. The lowest BCUT2D eigenvalue weighted by molar-refractivity contribution is -0.386. The third kappa shape index (κ3) is 38.6. The Kier molecular flexibility index (Phi) is 52.9. The first-order valence-electron chi connectivity index (χ1n) is 40.6. The zero-order chi connectivity index (χ0) is 89.9. The van der Waals surface area contributed by atoms with Gasteiger partial charge < -0.3 is 28.4 Å². The van der Waals surface area contributed by atoms with Gasteiger partial charge in [-0.15, -0.1) is 0 Å². The number of nitrogens with zero attached hydrogens (tertiary/aromatic N) is 8. The molecule has 36 nitrogen and oxygen atoms in total.